The van der Waals surface area contributed by atoms with Crippen LogP contribution in [0.25, 0.3) is 0 Å². The van der Waals surface area contributed by atoms with Gasteiger partial charge in [-0.05, 0) is 24.7 Å². The van der Waals surface area contributed by atoms with E-state index in [9.17, 15) is 4.79 Å². The highest BCUT2D eigenvalue weighted by atomic mass is 35.5. The van der Waals surface area contributed by atoms with Crippen LogP contribution in [0, 0.1) is 5.41 Å². The van der Waals surface area contributed by atoms with Crippen LogP contribution < -0.4 is 10.9 Å². The Labute approximate surface area is 93.1 Å². The van der Waals surface area contributed by atoms with Crippen molar-refractivity contribution in [2.24, 2.45) is 5.41 Å². The number of nitrogens with zero attached hydrogens (tertiary/aromatic N) is 1. The number of nitrogens with one attached hydrogen (secondary N) is 2. The number of H-pyrrole nitrogens is 1. The van der Waals surface area contributed by atoms with Gasteiger partial charge in [-0.15, -0.1) is 11.6 Å². The van der Waals surface area contributed by atoms with Crippen molar-refractivity contribution in [3.05, 3.63) is 22.7 Å². The summed E-state index contributed by atoms with van der Waals surface area (Å²) in [6, 6.07) is 0. The van der Waals surface area contributed by atoms with E-state index in [4.69, 9.17) is 11.6 Å². The van der Waals surface area contributed by atoms with Gasteiger partial charge >= 0.3 is 0 Å². The van der Waals surface area contributed by atoms with Gasteiger partial charge < -0.3 is 10.3 Å². The van der Waals surface area contributed by atoms with Crippen molar-refractivity contribution in [3.63, 3.8) is 0 Å². The first-order valence-corrected chi connectivity index (χ1v) is 5.63. The van der Waals surface area contributed by atoms with Gasteiger partial charge in [-0.25, -0.2) is 4.98 Å². The molecule has 2 N–H and O–H groups in total. The van der Waals surface area contributed by atoms with Crippen LogP contribution in [0.2, 0.25) is 0 Å². The molecule has 0 unspecified atom stereocenters. The van der Waals surface area contributed by atoms with Crippen LogP contribution in [0.15, 0.2) is 17.2 Å². The van der Waals surface area contributed by atoms with Crippen molar-refractivity contribution in [2.75, 3.05) is 17.7 Å². The summed E-state index contributed by atoms with van der Waals surface area (Å²) in [4.78, 5) is 17.9. The summed E-state index contributed by atoms with van der Waals surface area (Å²) in [5, 5.41) is 3.09. The average Bonchev–Trinajstić information content (AvgIpc) is 2.98. The predicted octanol–water partition coefficient (Wildman–Crippen LogP) is 1.59. The quantitative estimate of drug-likeness (QED) is 0.752. The standard InChI is InChI=1S/C10H14ClN3O/c11-4-3-10(1-2-10)7-14-8-9(15)13-6-5-12-8/h5-6H,1-4,7H2,(H,12,14)(H,13,15). The highest BCUT2D eigenvalue weighted by molar-refractivity contribution is 6.17. The fourth-order valence-electron chi connectivity index (χ4n) is 1.64. The topological polar surface area (TPSA) is 57.8 Å². The summed E-state index contributed by atoms with van der Waals surface area (Å²) >= 11 is 5.73. The molecular formula is C10H14ClN3O. The van der Waals surface area contributed by atoms with Gasteiger partial charge in [0.1, 0.15) is 0 Å². The number of aromatic amines is 1. The van der Waals surface area contributed by atoms with Gasteiger partial charge in [0.15, 0.2) is 5.82 Å². The summed E-state index contributed by atoms with van der Waals surface area (Å²) in [6.07, 6.45) is 6.49. The lowest BCUT2D eigenvalue weighted by Gasteiger charge is -2.13. The van der Waals surface area contributed by atoms with Crippen molar-refractivity contribution in [3.8, 4) is 0 Å². The fraction of sp³-hybridized carbons (Fsp3) is 0.600. The van der Waals surface area contributed by atoms with Crippen molar-refractivity contribution in [1.29, 1.82) is 0 Å². The van der Waals surface area contributed by atoms with E-state index in [2.05, 4.69) is 15.3 Å². The second kappa shape index (κ2) is 4.23. The van der Waals surface area contributed by atoms with Gasteiger partial charge in [0, 0.05) is 24.8 Å². The van der Waals surface area contributed by atoms with Crippen LogP contribution in [0.5, 0.6) is 0 Å². The lowest BCUT2D eigenvalue weighted by atomic mass is 10.0. The monoisotopic (exact) mass is 227 g/mol. The first-order valence-electron chi connectivity index (χ1n) is 5.09. The Morgan fingerprint density at radius 2 is 2.40 bits per heavy atom. The largest absolute Gasteiger partial charge is 0.365 e. The Morgan fingerprint density at radius 1 is 1.60 bits per heavy atom. The van der Waals surface area contributed by atoms with Crippen LogP contribution in [-0.4, -0.2) is 22.4 Å². The highest BCUT2D eigenvalue weighted by Gasteiger charge is 2.41. The van der Waals surface area contributed by atoms with Gasteiger partial charge in [0.2, 0.25) is 0 Å². The number of alkyl halides is 1. The van der Waals surface area contributed by atoms with E-state index in [0.29, 0.717) is 17.1 Å². The summed E-state index contributed by atoms with van der Waals surface area (Å²) in [5.41, 5.74) is 0.144. The van der Waals surface area contributed by atoms with Crippen molar-refractivity contribution in [2.45, 2.75) is 19.3 Å². The van der Waals surface area contributed by atoms with Crippen LogP contribution >= 0.6 is 11.6 Å². The van der Waals surface area contributed by atoms with Crippen molar-refractivity contribution in [1.82, 2.24) is 9.97 Å². The van der Waals surface area contributed by atoms with E-state index in [1.54, 1.807) is 6.20 Å². The Bertz CT molecular complexity index is 386. The number of rotatable bonds is 5. The van der Waals surface area contributed by atoms with Crippen LogP contribution in [0.1, 0.15) is 19.3 Å². The van der Waals surface area contributed by atoms with Gasteiger partial charge in [-0.3, -0.25) is 4.79 Å². The smallest absolute Gasteiger partial charge is 0.290 e. The Balaban J connectivity index is 1.94. The Hall–Kier alpha value is -1.03. The number of halogens is 1. The summed E-state index contributed by atoms with van der Waals surface area (Å²) in [7, 11) is 0. The second-order valence-electron chi connectivity index (χ2n) is 4.06. The third-order valence-corrected chi connectivity index (χ3v) is 3.11. The summed E-state index contributed by atoms with van der Waals surface area (Å²) in [6.45, 7) is 0.791. The van der Waals surface area contributed by atoms with E-state index < -0.39 is 0 Å². The van der Waals surface area contributed by atoms with Gasteiger partial charge in [-0.1, -0.05) is 0 Å². The molecule has 15 heavy (non-hydrogen) atoms. The van der Waals surface area contributed by atoms with E-state index in [1.807, 2.05) is 0 Å². The minimum Gasteiger partial charge on any atom is -0.365 e. The molecule has 1 aliphatic carbocycles. The van der Waals surface area contributed by atoms with Gasteiger partial charge in [-0.2, -0.15) is 0 Å². The highest BCUT2D eigenvalue weighted by Crippen LogP contribution is 2.48. The molecule has 1 aliphatic rings. The molecule has 0 aromatic carbocycles. The lowest BCUT2D eigenvalue weighted by molar-refractivity contribution is 0.523. The third-order valence-electron chi connectivity index (χ3n) is 2.92. The minimum absolute atomic E-state index is 0.167. The second-order valence-corrected chi connectivity index (χ2v) is 4.44. The predicted molar refractivity (Wildman–Crippen MR) is 60.4 cm³/mol. The third kappa shape index (κ3) is 2.50. The molecule has 2 rings (SSSR count). The first kappa shape index (κ1) is 10.5. The molecule has 0 aliphatic heterocycles. The molecule has 0 spiro atoms. The van der Waals surface area contributed by atoms with E-state index in [-0.39, 0.29) is 5.56 Å². The molecule has 5 heteroatoms. The normalized spacial score (nSPS) is 17.4. The Morgan fingerprint density at radius 3 is 3.00 bits per heavy atom. The van der Waals surface area contributed by atoms with Crippen LogP contribution in [-0.2, 0) is 0 Å². The molecule has 1 saturated carbocycles. The molecule has 1 heterocycles. The zero-order chi connectivity index (χ0) is 10.7. The van der Waals surface area contributed by atoms with E-state index in [0.717, 1.165) is 13.0 Å². The first-order chi connectivity index (χ1) is 7.26. The van der Waals surface area contributed by atoms with Crippen molar-refractivity contribution >= 4 is 17.4 Å². The van der Waals surface area contributed by atoms with Crippen LogP contribution in [0.4, 0.5) is 5.82 Å². The molecule has 4 nitrogen and oxygen atoms in total. The number of aromatic nitrogens is 2. The van der Waals surface area contributed by atoms with E-state index in [1.165, 1.54) is 19.0 Å². The molecule has 0 bridgehead atoms. The number of hydrogen-bond acceptors (Lipinski definition) is 3. The molecule has 0 radical (unpaired) electrons. The lowest BCUT2D eigenvalue weighted by Crippen LogP contribution is -2.22. The zero-order valence-electron chi connectivity index (χ0n) is 8.42. The van der Waals surface area contributed by atoms with Crippen molar-refractivity contribution < 1.29 is 0 Å². The molecular weight excluding hydrogens is 214 g/mol. The number of hydrogen-bond donors (Lipinski definition) is 2. The maximum absolute atomic E-state index is 11.3. The van der Waals surface area contributed by atoms with Crippen LogP contribution in [0.3, 0.4) is 0 Å². The van der Waals surface area contributed by atoms with Gasteiger partial charge in [0.25, 0.3) is 5.56 Å². The maximum Gasteiger partial charge on any atom is 0.290 e. The summed E-state index contributed by atoms with van der Waals surface area (Å²) in [5.74, 6) is 1.08. The SMILES string of the molecule is O=c1[nH]ccnc1NCC1(CCCl)CC1. The average molecular weight is 228 g/mol. The Kier molecular flexibility index (Phi) is 2.95. The molecule has 1 aromatic rings. The zero-order valence-corrected chi connectivity index (χ0v) is 9.18. The van der Waals surface area contributed by atoms with Gasteiger partial charge in [0.05, 0.1) is 0 Å². The molecule has 1 aromatic heterocycles. The number of anilines is 1. The molecule has 1 fully saturated rings. The molecule has 82 valence electrons. The molecule has 0 atom stereocenters. The maximum atomic E-state index is 11.3. The molecule has 0 amide bonds. The fourth-order valence-corrected chi connectivity index (χ4v) is 2.04. The minimum atomic E-state index is -0.167. The summed E-state index contributed by atoms with van der Waals surface area (Å²) < 4.78 is 0. The molecule has 0 saturated heterocycles. The van der Waals surface area contributed by atoms with E-state index >= 15 is 0 Å².